The van der Waals surface area contributed by atoms with Crippen LogP contribution in [-0.2, 0) is 10.2 Å². The van der Waals surface area contributed by atoms with Crippen LogP contribution in [0, 0.1) is 13.8 Å². The number of nitrogens with one attached hydrogen (secondary N) is 2. The molecule has 1 aromatic heterocycles. The predicted octanol–water partition coefficient (Wildman–Crippen LogP) is 6.32. The summed E-state index contributed by atoms with van der Waals surface area (Å²) in [4.78, 5) is 27.5. The fourth-order valence-electron chi connectivity index (χ4n) is 3.60. The summed E-state index contributed by atoms with van der Waals surface area (Å²) in [6, 6.07) is 14.4. The van der Waals surface area contributed by atoms with Gasteiger partial charge in [-0.15, -0.1) is 0 Å². The van der Waals surface area contributed by atoms with Crippen LogP contribution in [0.3, 0.4) is 0 Å². The molecule has 35 heavy (non-hydrogen) atoms. The highest BCUT2D eigenvalue weighted by Crippen LogP contribution is 2.28. The second kappa shape index (κ2) is 11.0. The van der Waals surface area contributed by atoms with Gasteiger partial charge >= 0.3 is 6.03 Å². The average molecular weight is 496 g/mol. The minimum Gasteiger partial charge on any atom is -0.315 e. The molecule has 0 bridgehead atoms. The number of carbonyl (C=O) groups excluding carboxylic acids is 2. The van der Waals surface area contributed by atoms with E-state index in [2.05, 4.69) is 31.4 Å². The van der Waals surface area contributed by atoms with Gasteiger partial charge in [0.25, 0.3) is 0 Å². The molecule has 186 valence electrons. The quantitative estimate of drug-likeness (QED) is 0.402. The molecule has 0 fully saturated rings. The maximum absolute atomic E-state index is 13.1. The Morgan fingerprint density at radius 3 is 2.37 bits per heavy atom. The number of halogens is 1. The van der Waals surface area contributed by atoms with Gasteiger partial charge in [0.1, 0.15) is 12.4 Å². The molecule has 0 aliphatic rings. The van der Waals surface area contributed by atoms with Gasteiger partial charge in [-0.25, -0.2) is 9.48 Å². The van der Waals surface area contributed by atoms with Crippen molar-refractivity contribution >= 4 is 35.0 Å². The van der Waals surface area contributed by atoms with E-state index in [-0.39, 0.29) is 23.9 Å². The van der Waals surface area contributed by atoms with E-state index in [0.29, 0.717) is 23.1 Å². The van der Waals surface area contributed by atoms with Crippen molar-refractivity contribution in [1.82, 2.24) is 14.7 Å². The number of amides is 3. The fraction of sp³-hybridized carbons (Fsp3) is 0.370. The number of rotatable bonds is 7. The molecule has 2 aromatic carbocycles. The van der Waals surface area contributed by atoms with Crippen molar-refractivity contribution in [3.05, 3.63) is 70.4 Å². The summed E-state index contributed by atoms with van der Waals surface area (Å²) >= 11 is 5.93. The Labute approximate surface area is 212 Å². The van der Waals surface area contributed by atoms with Crippen LogP contribution in [0.4, 0.5) is 16.3 Å². The molecule has 0 spiro atoms. The molecule has 2 N–H and O–H groups in total. The van der Waals surface area contributed by atoms with E-state index in [0.717, 1.165) is 28.9 Å². The highest BCUT2D eigenvalue weighted by atomic mass is 35.5. The van der Waals surface area contributed by atoms with E-state index in [1.165, 1.54) is 4.90 Å². The molecular formula is C27H34ClN5O2. The Kier molecular flexibility index (Phi) is 8.22. The molecule has 0 atom stereocenters. The number of nitrogens with zero attached hydrogens (tertiary/aromatic N) is 3. The highest BCUT2D eigenvalue weighted by molar-refractivity contribution is 6.30. The van der Waals surface area contributed by atoms with Crippen molar-refractivity contribution in [2.75, 3.05) is 23.7 Å². The smallest absolute Gasteiger partial charge is 0.315 e. The van der Waals surface area contributed by atoms with Gasteiger partial charge in [0.05, 0.1) is 11.4 Å². The van der Waals surface area contributed by atoms with Crippen LogP contribution >= 0.6 is 11.6 Å². The zero-order valence-corrected chi connectivity index (χ0v) is 22.0. The van der Waals surface area contributed by atoms with Crippen molar-refractivity contribution in [3.63, 3.8) is 0 Å². The van der Waals surface area contributed by atoms with Gasteiger partial charge < -0.3 is 15.5 Å². The monoisotopic (exact) mass is 495 g/mol. The molecule has 0 saturated heterocycles. The maximum atomic E-state index is 13.1. The predicted molar refractivity (Wildman–Crippen MR) is 143 cm³/mol. The van der Waals surface area contributed by atoms with E-state index in [4.69, 9.17) is 16.7 Å². The topological polar surface area (TPSA) is 79.3 Å². The summed E-state index contributed by atoms with van der Waals surface area (Å²) in [5, 5.41) is 11.2. The first kappa shape index (κ1) is 26.3. The molecule has 0 aliphatic carbocycles. The number of anilines is 2. The molecule has 0 aliphatic heterocycles. The average Bonchev–Trinajstić information content (AvgIpc) is 3.21. The zero-order valence-electron chi connectivity index (χ0n) is 21.3. The first-order valence-electron chi connectivity index (χ1n) is 11.8. The van der Waals surface area contributed by atoms with Crippen LogP contribution in [0.1, 0.15) is 50.9 Å². The van der Waals surface area contributed by atoms with E-state index in [9.17, 15) is 9.59 Å². The standard InChI is InChI=1S/C27H34ClN5O2/c1-7-15-32(26(35)29-21-13-11-20(28)12-14-21)17-25(34)30-24-16-23(27(4,5)6)31-33(24)22-10-8-9-18(2)19(22)3/h8-14,16H,7,15,17H2,1-6H3,(H,29,35)(H,30,34). The van der Waals surface area contributed by atoms with Crippen molar-refractivity contribution < 1.29 is 9.59 Å². The Morgan fingerprint density at radius 1 is 1.06 bits per heavy atom. The molecule has 8 heteroatoms. The summed E-state index contributed by atoms with van der Waals surface area (Å²) in [6.07, 6.45) is 0.718. The molecule has 1 heterocycles. The van der Waals surface area contributed by atoms with Crippen LogP contribution < -0.4 is 10.6 Å². The molecule has 0 radical (unpaired) electrons. The van der Waals surface area contributed by atoms with E-state index < -0.39 is 0 Å². The third kappa shape index (κ3) is 6.63. The maximum Gasteiger partial charge on any atom is 0.322 e. The number of benzene rings is 2. The van der Waals surface area contributed by atoms with Crippen LogP contribution in [0.25, 0.3) is 5.69 Å². The van der Waals surface area contributed by atoms with Crippen LogP contribution in [0.2, 0.25) is 5.02 Å². The normalized spacial score (nSPS) is 11.3. The third-order valence-electron chi connectivity index (χ3n) is 5.76. The van der Waals surface area contributed by atoms with Crippen molar-refractivity contribution in [2.45, 2.75) is 53.4 Å². The van der Waals surface area contributed by atoms with Gasteiger partial charge in [-0.1, -0.05) is 51.4 Å². The molecule has 0 saturated carbocycles. The number of hydrogen-bond acceptors (Lipinski definition) is 3. The van der Waals surface area contributed by atoms with E-state index in [1.807, 2.05) is 45.0 Å². The van der Waals surface area contributed by atoms with Crippen LogP contribution in [0.15, 0.2) is 48.5 Å². The van der Waals surface area contributed by atoms with Crippen LogP contribution in [-0.4, -0.2) is 39.7 Å². The van der Waals surface area contributed by atoms with Gasteiger partial charge in [0.15, 0.2) is 0 Å². The Balaban J connectivity index is 1.83. The minimum atomic E-state index is -0.345. The third-order valence-corrected chi connectivity index (χ3v) is 6.01. The van der Waals surface area contributed by atoms with Gasteiger partial charge in [0.2, 0.25) is 5.91 Å². The molecule has 7 nitrogen and oxygen atoms in total. The summed E-state index contributed by atoms with van der Waals surface area (Å²) in [7, 11) is 0. The van der Waals surface area contributed by atoms with Crippen LogP contribution in [0.5, 0.6) is 0 Å². The first-order chi connectivity index (χ1) is 16.5. The summed E-state index contributed by atoms with van der Waals surface area (Å²) in [6.45, 7) is 12.7. The van der Waals surface area contributed by atoms with Gasteiger partial charge in [0, 0.05) is 28.7 Å². The fourth-order valence-corrected chi connectivity index (χ4v) is 3.73. The Morgan fingerprint density at radius 2 is 1.74 bits per heavy atom. The van der Waals surface area contributed by atoms with Gasteiger partial charge in [-0.2, -0.15) is 5.10 Å². The van der Waals surface area contributed by atoms with Gasteiger partial charge in [-0.05, 0) is 61.7 Å². The number of aryl methyl sites for hydroxylation is 1. The lowest BCUT2D eigenvalue weighted by atomic mass is 9.92. The molecule has 3 amide bonds. The molecule has 0 unspecified atom stereocenters. The van der Waals surface area contributed by atoms with E-state index >= 15 is 0 Å². The summed E-state index contributed by atoms with van der Waals surface area (Å²) in [5.41, 5.74) is 4.40. The van der Waals surface area contributed by atoms with Crippen molar-refractivity contribution in [3.8, 4) is 5.69 Å². The first-order valence-corrected chi connectivity index (χ1v) is 12.2. The number of urea groups is 1. The Hall–Kier alpha value is -3.32. The van der Waals surface area contributed by atoms with Gasteiger partial charge in [-0.3, -0.25) is 4.79 Å². The number of carbonyl (C=O) groups is 2. The van der Waals surface area contributed by atoms with Crippen molar-refractivity contribution in [1.29, 1.82) is 0 Å². The molecular weight excluding hydrogens is 462 g/mol. The molecule has 3 rings (SSSR count). The molecule has 3 aromatic rings. The number of hydrogen-bond donors (Lipinski definition) is 2. The Bertz CT molecular complexity index is 1200. The highest BCUT2D eigenvalue weighted by Gasteiger charge is 2.23. The second-order valence-electron chi connectivity index (χ2n) is 9.70. The summed E-state index contributed by atoms with van der Waals surface area (Å²) in [5.74, 6) is 0.278. The second-order valence-corrected chi connectivity index (χ2v) is 10.1. The minimum absolute atomic E-state index is 0.0872. The lowest BCUT2D eigenvalue weighted by Crippen LogP contribution is -2.41. The largest absolute Gasteiger partial charge is 0.322 e. The lowest BCUT2D eigenvalue weighted by molar-refractivity contribution is -0.116. The SMILES string of the molecule is CCCN(CC(=O)Nc1cc(C(C)(C)C)nn1-c1cccc(C)c1C)C(=O)Nc1ccc(Cl)cc1. The van der Waals surface area contributed by atoms with Crippen molar-refractivity contribution in [2.24, 2.45) is 0 Å². The van der Waals surface area contributed by atoms with E-state index in [1.54, 1.807) is 28.9 Å². The zero-order chi connectivity index (χ0) is 25.8. The lowest BCUT2D eigenvalue weighted by Gasteiger charge is -2.22. The number of aromatic nitrogens is 2. The summed E-state index contributed by atoms with van der Waals surface area (Å²) < 4.78 is 1.78.